The number of aromatic carboxylic acids is 1. The Morgan fingerprint density at radius 1 is 0.871 bits per heavy atom. The molecule has 4 aromatic heterocycles. The molecule has 1 saturated heterocycles. The lowest BCUT2D eigenvalue weighted by Gasteiger charge is -2.34. The number of aromatic nitrogens is 7. The highest BCUT2D eigenvalue weighted by atomic mass is 19.1. The molecule has 1 N–H and O–H groups in total. The summed E-state index contributed by atoms with van der Waals surface area (Å²) in [6.07, 6.45) is 6.56. The fourth-order valence-electron chi connectivity index (χ4n) is 9.36. The van der Waals surface area contributed by atoms with Crippen LogP contribution >= 0.6 is 0 Å². The Bertz CT molecular complexity index is 3180. The fraction of sp³-hybridized carbons (Fsp3) is 0.255. The number of carboxylic acids is 1. The number of amides is 1. The normalized spacial score (nSPS) is 15.8. The van der Waals surface area contributed by atoms with Crippen molar-refractivity contribution in [2.75, 3.05) is 19.8 Å². The van der Waals surface area contributed by atoms with Gasteiger partial charge in [-0.2, -0.15) is 10.2 Å². The molecule has 0 saturated carbocycles. The van der Waals surface area contributed by atoms with Crippen LogP contribution in [0.1, 0.15) is 80.5 Å². The van der Waals surface area contributed by atoms with Crippen LogP contribution in [0.3, 0.4) is 0 Å². The van der Waals surface area contributed by atoms with E-state index in [1.165, 1.54) is 33.7 Å². The fourth-order valence-corrected chi connectivity index (χ4v) is 9.36. The zero-order valence-electron chi connectivity index (χ0n) is 34.5. The topological polar surface area (TPSA) is 134 Å². The van der Waals surface area contributed by atoms with Crippen LogP contribution in [0.2, 0.25) is 0 Å². The van der Waals surface area contributed by atoms with E-state index < -0.39 is 23.5 Å². The molecule has 1 fully saturated rings. The number of carbonyl (C=O) groups is 2. The summed E-state index contributed by atoms with van der Waals surface area (Å²) in [5, 5.41) is 20.2. The van der Waals surface area contributed by atoms with Gasteiger partial charge in [0.15, 0.2) is 5.82 Å². The summed E-state index contributed by atoms with van der Waals surface area (Å²) in [5.41, 5.74) is 5.40. The molecule has 0 radical (unpaired) electrons. The van der Waals surface area contributed by atoms with Gasteiger partial charge in [0.25, 0.3) is 5.91 Å². The van der Waals surface area contributed by atoms with Crippen LogP contribution in [0.5, 0.6) is 0 Å². The summed E-state index contributed by atoms with van der Waals surface area (Å²) in [7, 11) is 1.71. The molecule has 0 spiro atoms. The maximum Gasteiger partial charge on any atom is 0.338 e. The van der Waals surface area contributed by atoms with Gasteiger partial charge in [-0.25, -0.2) is 23.1 Å². The van der Waals surface area contributed by atoms with E-state index in [4.69, 9.17) is 9.84 Å². The molecular formula is C47H42F2N8O5. The van der Waals surface area contributed by atoms with Crippen molar-refractivity contribution in [1.82, 2.24) is 38.2 Å². The minimum Gasteiger partial charge on any atom is -0.478 e. The number of aryl methyl sites for hydroxylation is 3. The van der Waals surface area contributed by atoms with E-state index in [0.29, 0.717) is 76.3 Å². The Kier molecular flexibility index (Phi) is 9.32. The first-order valence-electron chi connectivity index (χ1n) is 20.6. The average Bonchev–Trinajstić information content (AvgIpc) is 4.06. The van der Waals surface area contributed by atoms with Gasteiger partial charge < -0.3 is 19.3 Å². The summed E-state index contributed by atoms with van der Waals surface area (Å²) in [6, 6.07) is 20.5. The van der Waals surface area contributed by atoms with Gasteiger partial charge in [-0.15, -0.1) is 0 Å². The lowest BCUT2D eigenvalue weighted by Crippen LogP contribution is -2.40. The maximum atomic E-state index is 16.1. The van der Waals surface area contributed by atoms with Crippen LogP contribution < -0.4 is 5.69 Å². The number of halogens is 2. The van der Waals surface area contributed by atoms with Crippen LogP contribution in [-0.2, 0) is 18.2 Å². The van der Waals surface area contributed by atoms with Gasteiger partial charge in [0, 0.05) is 62.3 Å². The first-order valence-corrected chi connectivity index (χ1v) is 20.6. The van der Waals surface area contributed by atoms with Gasteiger partial charge in [-0.1, -0.05) is 12.1 Å². The standard InChI is InChI=1S/C47H42F2N8O5/c1-26-20-34(21-27(2)42(26)48)57-44(55-17-16-54(47(55)61)39-11-10-38-35(43(39)49)25-50-52(38)4)41-28(3)53(15-12-36(41)51-57)45(58)40-24-32-22-30(29-13-18-62-19-14-29)8-9-37(32)56(40)33-7-5-6-31(23-33)46(59)60/h5-11,16-17,20-25,28-29H,12-15,18-19H2,1-4H3,(H,59,60)/t28-/m0/s1. The quantitative estimate of drug-likeness (QED) is 0.173. The Hall–Kier alpha value is -7.13. The number of nitrogens with zero attached hydrogens (tertiary/aromatic N) is 8. The van der Waals surface area contributed by atoms with E-state index in [0.717, 1.165) is 29.3 Å². The molecule has 10 rings (SSSR count). The molecule has 4 aromatic carbocycles. The summed E-state index contributed by atoms with van der Waals surface area (Å²) in [5.74, 6) is -1.72. The highest BCUT2D eigenvalue weighted by Crippen LogP contribution is 2.39. The first-order chi connectivity index (χ1) is 29.9. The van der Waals surface area contributed by atoms with Gasteiger partial charge in [0.1, 0.15) is 17.3 Å². The smallest absolute Gasteiger partial charge is 0.338 e. The lowest BCUT2D eigenvalue weighted by atomic mass is 9.91. The van der Waals surface area contributed by atoms with Crippen molar-refractivity contribution in [2.24, 2.45) is 7.05 Å². The molecule has 0 unspecified atom stereocenters. The maximum absolute atomic E-state index is 16.1. The van der Waals surface area contributed by atoms with Crippen molar-refractivity contribution < 1.29 is 28.2 Å². The highest BCUT2D eigenvalue weighted by Gasteiger charge is 2.37. The zero-order valence-corrected chi connectivity index (χ0v) is 34.5. The number of imidazole rings is 1. The van der Waals surface area contributed by atoms with Crippen LogP contribution in [-0.4, -0.2) is 74.9 Å². The van der Waals surface area contributed by atoms with E-state index >= 15 is 13.6 Å². The Balaban J connectivity index is 1.12. The number of carboxylic acid groups (broad SMARTS) is 1. The molecule has 13 nitrogen and oxygen atoms in total. The van der Waals surface area contributed by atoms with E-state index in [-0.39, 0.29) is 34.9 Å². The summed E-state index contributed by atoms with van der Waals surface area (Å²) >= 11 is 0. The molecule has 2 aliphatic heterocycles. The molecule has 8 aromatic rings. The van der Waals surface area contributed by atoms with Gasteiger partial charge >= 0.3 is 11.7 Å². The third-order valence-electron chi connectivity index (χ3n) is 12.6. The Labute approximate surface area is 353 Å². The third-order valence-corrected chi connectivity index (χ3v) is 12.6. The average molecular weight is 837 g/mol. The second kappa shape index (κ2) is 14.8. The Morgan fingerprint density at radius 3 is 2.37 bits per heavy atom. The van der Waals surface area contributed by atoms with Gasteiger partial charge in [0.2, 0.25) is 0 Å². The van der Waals surface area contributed by atoms with Crippen molar-refractivity contribution in [3.05, 3.63) is 153 Å². The minimum atomic E-state index is -1.09. The third kappa shape index (κ3) is 6.17. The van der Waals surface area contributed by atoms with Crippen molar-refractivity contribution in [1.29, 1.82) is 0 Å². The molecule has 2 aliphatic rings. The zero-order chi connectivity index (χ0) is 43.1. The molecule has 1 atom stereocenters. The molecule has 0 bridgehead atoms. The predicted octanol–water partition coefficient (Wildman–Crippen LogP) is 7.89. The van der Waals surface area contributed by atoms with Crippen molar-refractivity contribution in [3.8, 4) is 22.9 Å². The summed E-state index contributed by atoms with van der Waals surface area (Å²) in [4.78, 5) is 43.7. The van der Waals surface area contributed by atoms with Gasteiger partial charge in [-0.3, -0.25) is 18.6 Å². The second-order valence-corrected chi connectivity index (χ2v) is 16.3. The largest absolute Gasteiger partial charge is 0.478 e. The van der Waals surface area contributed by atoms with Crippen LogP contribution in [0, 0.1) is 25.5 Å². The van der Waals surface area contributed by atoms with Crippen molar-refractivity contribution >= 4 is 33.7 Å². The number of fused-ring (bicyclic) bond motifs is 3. The lowest BCUT2D eigenvalue weighted by molar-refractivity contribution is 0.0667. The van der Waals surface area contributed by atoms with Crippen LogP contribution in [0.15, 0.2) is 96.2 Å². The van der Waals surface area contributed by atoms with Gasteiger partial charge in [0.05, 0.1) is 51.3 Å². The van der Waals surface area contributed by atoms with Crippen LogP contribution in [0.25, 0.3) is 44.7 Å². The molecule has 1 amide bonds. The van der Waals surface area contributed by atoms with E-state index in [2.05, 4.69) is 17.2 Å². The number of carbonyl (C=O) groups excluding carboxylic acids is 1. The predicted molar refractivity (Wildman–Crippen MR) is 228 cm³/mol. The number of rotatable bonds is 7. The minimum absolute atomic E-state index is 0.0345. The van der Waals surface area contributed by atoms with Crippen LogP contribution in [0.4, 0.5) is 8.78 Å². The molecule has 62 heavy (non-hydrogen) atoms. The number of hydrogen-bond acceptors (Lipinski definition) is 6. The summed E-state index contributed by atoms with van der Waals surface area (Å²) < 4.78 is 44.3. The first kappa shape index (κ1) is 39.0. The number of benzene rings is 4. The van der Waals surface area contributed by atoms with E-state index in [1.54, 1.807) is 77.8 Å². The molecule has 15 heteroatoms. The molecule has 314 valence electrons. The van der Waals surface area contributed by atoms with Gasteiger partial charge in [-0.05, 0) is 117 Å². The number of hydrogen-bond donors (Lipinski definition) is 1. The summed E-state index contributed by atoms with van der Waals surface area (Å²) in [6.45, 7) is 6.84. The molecular weight excluding hydrogens is 795 g/mol. The Morgan fingerprint density at radius 2 is 1.61 bits per heavy atom. The SMILES string of the molecule is Cc1cc(-n2nc3c(c2-n2ccn(-c4ccc5c(cnn5C)c4F)c2=O)[C@H](C)N(C(=O)c2cc4cc(C5CCOCC5)ccc4n2-c2cccc(C(=O)O)c2)CC3)cc(C)c1F. The van der Waals surface area contributed by atoms with Crippen molar-refractivity contribution in [2.45, 2.75) is 52.0 Å². The molecule has 0 aliphatic carbocycles. The second-order valence-electron chi connectivity index (χ2n) is 16.3. The molecule has 6 heterocycles. The van der Waals surface area contributed by atoms with Crippen molar-refractivity contribution in [3.63, 3.8) is 0 Å². The number of ether oxygens (including phenoxy) is 1. The highest BCUT2D eigenvalue weighted by molar-refractivity contribution is 6.01. The van der Waals surface area contributed by atoms with E-state index in [1.807, 2.05) is 23.6 Å². The van der Waals surface area contributed by atoms with E-state index in [9.17, 15) is 14.7 Å². The monoisotopic (exact) mass is 836 g/mol.